The molecule has 1 aliphatic heterocycles. The van der Waals surface area contributed by atoms with Crippen LogP contribution in [0.4, 0.5) is 5.95 Å². The van der Waals surface area contributed by atoms with Crippen LogP contribution in [0, 0.1) is 0 Å². The first-order valence-corrected chi connectivity index (χ1v) is 11.3. The summed E-state index contributed by atoms with van der Waals surface area (Å²) in [6.45, 7) is 1.86. The van der Waals surface area contributed by atoms with Crippen molar-refractivity contribution in [3.63, 3.8) is 0 Å². The lowest BCUT2D eigenvalue weighted by molar-refractivity contribution is 0.0697. The molecule has 0 bridgehead atoms. The number of hydrogen-bond acceptors (Lipinski definition) is 6. The van der Waals surface area contributed by atoms with Crippen LogP contribution in [-0.2, 0) is 13.6 Å². The average Bonchev–Trinajstić information content (AvgIpc) is 3.22. The number of hydrogen-bond donors (Lipinski definition) is 2. The summed E-state index contributed by atoms with van der Waals surface area (Å²) in [5, 5.41) is 10.2. The Labute approximate surface area is 208 Å². The molecular formula is C25H28ClN5O4. The van der Waals surface area contributed by atoms with E-state index in [1.165, 1.54) is 6.07 Å². The molecular weight excluding hydrogens is 470 g/mol. The topological polar surface area (TPSA) is 116 Å². The average molecular weight is 498 g/mol. The lowest BCUT2D eigenvalue weighted by atomic mass is 10.1. The van der Waals surface area contributed by atoms with Crippen molar-refractivity contribution in [1.82, 2.24) is 14.1 Å². The van der Waals surface area contributed by atoms with Crippen LogP contribution in [0.3, 0.4) is 0 Å². The zero-order valence-corrected chi connectivity index (χ0v) is 20.4. The van der Waals surface area contributed by atoms with Crippen molar-refractivity contribution in [3.8, 4) is 5.75 Å². The third kappa shape index (κ3) is 4.33. The van der Waals surface area contributed by atoms with E-state index in [9.17, 15) is 14.7 Å². The minimum atomic E-state index is -1.02. The summed E-state index contributed by atoms with van der Waals surface area (Å²) in [6, 6.07) is 12.5. The molecule has 4 aromatic rings. The van der Waals surface area contributed by atoms with Crippen LogP contribution >= 0.6 is 12.4 Å². The zero-order valence-electron chi connectivity index (χ0n) is 19.6. The highest BCUT2D eigenvalue weighted by atomic mass is 35.5. The minimum Gasteiger partial charge on any atom is -0.497 e. The van der Waals surface area contributed by atoms with Gasteiger partial charge in [0.1, 0.15) is 16.8 Å². The molecule has 1 aliphatic rings. The maximum atomic E-state index is 13.6. The number of aryl methyl sites for hydroxylation is 1. The van der Waals surface area contributed by atoms with Gasteiger partial charge in [0, 0.05) is 31.6 Å². The largest absolute Gasteiger partial charge is 0.497 e. The monoisotopic (exact) mass is 497 g/mol. The summed E-state index contributed by atoms with van der Waals surface area (Å²) in [7, 11) is 3.32. The summed E-state index contributed by atoms with van der Waals surface area (Å²) in [6.07, 6.45) is 1.89. The first-order chi connectivity index (χ1) is 16.4. The highest BCUT2D eigenvalue weighted by Crippen LogP contribution is 2.30. The highest BCUT2D eigenvalue weighted by Gasteiger charge is 2.26. The molecule has 1 fully saturated rings. The Kier molecular flexibility index (Phi) is 6.73. The van der Waals surface area contributed by atoms with Gasteiger partial charge in [-0.25, -0.2) is 9.78 Å². The van der Waals surface area contributed by atoms with Crippen LogP contribution in [0.15, 0.2) is 47.3 Å². The zero-order chi connectivity index (χ0) is 24.0. The third-order valence-electron chi connectivity index (χ3n) is 6.56. The molecule has 1 saturated heterocycles. The number of piperidine rings is 1. The van der Waals surface area contributed by atoms with Crippen molar-refractivity contribution in [1.29, 1.82) is 0 Å². The van der Waals surface area contributed by atoms with Crippen LogP contribution in [0.1, 0.15) is 28.8 Å². The van der Waals surface area contributed by atoms with Crippen LogP contribution in [0.5, 0.6) is 5.75 Å². The lowest BCUT2D eigenvalue weighted by Crippen LogP contribution is -2.44. The van der Waals surface area contributed by atoms with Gasteiger partial charge in [0.2, 0.25) is 5.95 Å². The second-order valence-corrected chi connectivity index (χ2v) is 8.79. The second-order valence-electron chi connectivity index (χ2n) is 8.79. The molecule has 0 saturated carbocycles. The summed E-state index contributed by atoms with van der Waals surface area (Å²) < 4.78 is 8.77. The Morgan fingerprint density at radius 2 is 1.97 bits per heavy atom. The van der Waals surface area contributed by atoms with E-state index in [1.54, 1.807) is 30.9 Å². The Bertz CT molecular complexity index is 1460. The fraction of sp³-hybridized carbons (Fsp3) is 0.320. The first-order valence-electron chi connectivity index (χ1n) is 11.3. The molecule has 0 radical (unpaired) electrons. The van der Waals surface area contributed by atoms with Crippen molar-refractivity contribution in [2.24, 2.45) is 12.8 Å². The Morgan fingerprint density at radius 3 is 2.63 bits per heavy atom. The van der Waals surface area contributed by atoms with E-state index < -0.39 is 5.97 Å². The van der Waals surface area contributed by atoms with Gasteiger partial charge in [-0.2, -0.15) is 0 Å². The molecule has 1 atom stereocenters. The molecule has 0 amide bonds. The van der Waals surface area contributed by atoms with Crippen molar-refractivity contribution in [2.75, 3.05) is 25.1 Å². The van der Waals surface area contributed by atoms with Crippen molar-refractivity contribution < 1.29 is 14.6 Å². The predicted octanol–water partition coefficient (Wildman–Crippen LogP) is 2.99. The number of rotatable bonds is 5. The number of carbonyl (C=O) groups is 1. The maximum absolute atomic E-state index is 13.6. The van der Waals surface area contributed by atoms with Crippen LogP contribution in [-0.4, -0.2) is 51.4 Å². The lowest BCUT2D eigenvalue weighted by Gasteiger charge is -2.32. The number of methoxy groups -OCH3 is 1. The summed E-state index contributed by atoms with van der Waals surface area (Å²) in [4.78, 5) is 32.3. The standard InChI is InChI=1S/C25H27N5O4.ClH/c1-28-20-10-7-16(24(32)33)12-19(20)21-22(23(28)31)30(13-15-5-8-18(34-2)9-6-15)25(27-21)29-11-3-4-17(26)14-29;/h5-10,12,17H,3-4,11,13-14,26H2,1-2H3,(H,32,33);1H/t17-;/m1./s1. The number of halogens is 1. The number of fused-ring (bicyclic) bond motifs is 3. The number of benzene rings is 2. The van der Waals surface area contributed by atoms with E-state index in [1.807, 2.05) is 28.8 Å². The highest BCUT2D eigenvalue weighted by molar-refractivity contribution is 6.06. The number of carboxylic acids is 1. The van der Waals surface area contributed by atoms with E-state index in [2.05, 4.69) is 4.90 Å². The molecule has 3 N–H and O–H groups in total. The smallest absolute Gasteiger partial charge is 0.335 e. The number of ether oxygens (including phenoxy) is 1. The first kappa shape index (κ1) is 24.6. The molecule has 0 unspecified atom stereocenters. The van der Waals surface area contributed by atoms with Gasteiger partial charge in [-0.3, -0.25) is 4.79 Å². The Balaban J connectivity index is 0.00000289. The normalized spacial score (nSPS) is 15.9. The predicted molar refractivity (Wildman–Crippen MR) is 138 cm³/mol. The molecule has 5 rings (SSSR count). The number of aromatic carboxylic acids is 1. The summed E-state index contributed by atoms with van der Waals surface area (Å²) >= 11 is 0. The SMILES string of the molecule is COc1ccc(Cn2c(N3CCC[C@@H](N)C3)nc3c4cc(C(=O)O)ccc4n(C)c(=O)c32)cc1.Cl. The maximum Gasteiger partial charge on any atom is 0.335 e. The third-order valence-corrected chi connectivity index (χ3v) is 6.56. The Morgan fingerprint density at radius 1 is 1.23 bits per heavy atom. The van der Waals surface area contributed by atoms with E-state index in [0.29, 0.717) is 41.0 Å². The van der Waals surface area contributed by atoms with Crippen LogP contribution in [0.2, 0.25) is 0 Å². The molecule has 2 aromatic carbocycles. The number of imidazole rings is 1. The molecule has 10 heteroatoms. The number of nitrogens with zero attached hydrogens (tertiary/aromatic N) is 4. The van der Waals surface area contributed by atoms with Gasteiger partial charge >= 0.3 is 5.97 Å². The molecule has 184 valence electrons. The van der Waals surface area contributed by atoms with Gasteiger partial charge in [0.15, 0.2) is 0 Å². The number of carboxylic acid groups (broad SMARTS) is 1. The van der Waals surface area contributed by atoms with Gasteiger partial charge in [-0.15, -0.1) is 12.4 Å². The van der Waals surface area contributed by atoms with E-state index in [0.717, 1.165) is 30.7 Å². The van der Waals surface area contributed by atoms with Gasteiger partial charge in [-0.05, 0) is 48.7 Å². The quantitative estimate of drug-likeness (QED) is 0.435. The van der Waals surface area contributed by atoms with E-state index >= 15 is 0 Å². The van der Waals surface area contributed by atoms with Crippen LogP contribution in [0.25, 0.3) is 21.9 Å². The molecule has 0 spiro atoms. The van der Waals surface area contributed by atoms with Gasteiger partial charge in [-0.1, -0.05) is 12.1 Å². The number of anilines is 1. The number of aromatic nitrogens is 3. The fourth-order valence-electron chi connectivity index (χ4n) is 4.76. The fourth-order valence-corrected chi connectivity index (χ4v) is 4.76. The van der Waals surface area contributed by atoms with Crippen LogP contribution < -0.4 is 20.9 Å². The van der Waals surface area contributed by atoms with Gasteiger partial charge in [0.05, 0.1) is 24.7 Å². The number of pyridine rings is 1. The van der Waals surface area contributed by atoms with E-state index in [-0.39, 0.29) is 29.6 Å². The summed E-state index contributed by atoms with van der Waals surface area (Å²) in [5.41, 5.74) is 8.81. The van der Waals surface area contributed by atoms with E-state index in [4.69, 9.17) is 15.5 Å². The van der Waals surface area contributed by atoms with Crippen molar-refractivity contribution in [3.05, 3.63) is 63.9 Å². The van der Waals surface area contributed by atoms with Gasteiger partial charge < -0.3 is 29.6 Å². The number of nitrogens with two attached hydrogens (primary N) is 1. The Hall–Kier alpha value is -3.56. The molecule has 3 heterocycles. The summed E-state index contributed by atoms with van der Waals surface area (Å²) in [5.74, 6) is 0.402. The molecule has 9 nitrogen and oxygen atoms in total. The molecule has 0 aliphatic carbocycles. The van der Waals surface area contributed by atoms with Crippen molar-refractivity contribution >= 4 is 46.3 Å². The molecule has 35 heavy (non-hydrogen) atoms. The molecule has 2 aromatic heterocycles. The second kappa shape index (κ2) is 9.59. The van der Waals surface area contributed by atoms with Crippen molar-refractivity contribution in [2.45, 2.75) is 25.4 Å². The minimum absolute atomic E-state index is 0. The van der Waals surface area contributed by atoms with Gasteiger partial charge in [0.25, 0.3) is 5.56 Å².